The minimum absolute atomic E-state index is 0.0594. The fraction of sp³-hybridized carbons (Fsp3) is 0.0536. The Labute approximate surface area is 347 Å². The number of hydrogen-bond acceptors (Lipinski definition) is 4. The van der Waals surface area contributed by atoms with Crippen molar-refractivity contribution in [3.8, 4) is 56.4 Å². The highest BCUT2D eigenvalue weighted by Crippen LogP contribution is 2.47. The van der Waals surface area contributed by atoms with Gasteiger partial charge in [0.05, 0.1) is 0 Å². The first kappa shape index (κ1) is 34.4. The Morgan fingerprint density at radius 2 is 1.00 bits per heavy atom. The lowest BCUT2D eigenvalue weighted by atomic mass is 9.84. The molecule has 2 aromatic heterocycles. The van der Waals surface area contributed by atoms with Crippen molar-refractivity contribution in [1.82, 2.24) is 15.0 Å². The van der Waals surface area contributed by atoms with Gasteiger partial charge in [0.1, 0.15) is 11.2 Å². The lowest BCUT2D eigenvalue weighted by Crippen LogP contribution is -2.05. The van der Waals surface area contributed by atoms with E-state index in [0.717, 1.165) is 73.4 Å². The van der Waals surface area contributed by atoms with Crippen LogP contribution < -0.4 is 0 Å². The Kier molecular flexibility index (Phi) is 8.02. The van der Waals surface area contributed by atoms with Crippen molar-refractivity contribution in [3.05, 3.63) is 211 Å². The van der Waals surface area contributed by atoms with E-state index in [2.05, 4.69) is 182 Å². The van der Waals surface area contributed by atoms with Gasteiger partial charge in [0.2, 0.25) is 0 Å². The monoisotopic (exact) mass is 767 g/mol. The van der Waals surface area contributed by atoms with Crippen molar-refractivity contribution >= 4 is 43.5 Å². The Balaban J connectivity index is 1.08. The molecule has 11 aromatic rings. The third-order valence-corrected chi connectivity index (χ3v) is 12.4. The number of nitrogens with zero attached hydrogens (tertiary/aromatic N) is 3. The van der Waals surface area contributed by atoms with E-state index in [1.54, 1.807) is 0 Å². The average molecular weight is 768 g/mol. The summed E-state index contributed by atoms with van der Waals surface area (Å²) in [7, 11) is 0. The molecular formula is C56H37N3O. The standard InChI is InChI=1S/C56H37N3O/c1-2-13-35(14-3-1)36-25-27-38(28-26-36)54-57-55(59-56(58-54)48-23-12-18-37-15-6-7-19-43(37)48)42-33-50(53-51(34-42)47-22-10-11-24-52(47)60-53)46-30-29-41-31-39-16-4-5-17-40(39)32-49(41)45-21-9-8-20-44(45)46/h1-28,31-34,46H,29-30H2. The highest BCUT2D eigenvalue weighted by Gasteiger charge is 2.28. The Bertz CT molecular complexity index is 3430. The van der Waals surface area contributed by atoms with Gasteiger partial charge < -0.3 is 4.42 Å². The van der Waals surface area contributed by atoms with E-state index in [1.807, 2.05) is 12.1 Å². The van der Waals surface area contributed by atoms with Gasteiger partial charge in [-0.3, -0.25) is 0 Å². The molecule has 1 aliphatic rings. The molecule has 4 nitrogen and oxygen atoms in total. The molecule has 0 aliphatic heterocycles. The van der Waals surface area contributed by atoms with Crippen molar-refractivity contribution in [3.63, 3.8) is 0 Å². The second-order valence-electron chi connectivity index (χ2n) is 15.9. The van der Waals surface area contributed by atoms with Crippen LogP contribution >= 0.6 is 0 Å². The molecule has 0 saturated carbocycles. The van der Waals surface area contributed by atoms with Gasteiger partial charge >= 0.3 is 0 Å². The molecule has 0 spiro atoms. The van der Waals surface area contributed by atoms with Crippen LogP contribution in [0.4, 0.5) is 0 Å². The van der Waals surface area contributed by atoms with Crippen LogP contribution in [0.1, 0.15) is 29.0 Å². The number of fused-ring (bicyclic) bond motifs is 8. The van der Waals surface area contributed by atoms with E-state index in [0.29, 0.717) is 17.5 Å². The predicted molar refractivity (Wildman–Crippen MR) is 246 cm³/mol. The number of benzene rings is 9. The van der Waals surface area contributed by atoms with Crippen LogP contribution in [0, 0.1) is 0 Å². The number of hydrogen-bond donors (Lipinski definition) is 0. The number of aryl methyl sites for hydroxylation is 1. The first-order chi connectivity index (χ1) is 29.7. The third-order valence-electron chi connectivity index (χ3n) is 12.4. The molecule has 0 fully saturated rings. The van der Waals surface area contributed by atoms with Gasteiger partial charge in [-0.1, -0.05) is 170 Å². The van der Waals surface area contributed by atoms with Gasteiger partial charge in [0.15, 0.2) is 17.5 Å². The van der Waals surface area contributed by atoms with Crippen LogP contribution in [-0.4, -0.2) is 15.0 Å². The molecule has 0 radical (unpaired) electrons. The summed E-state index contributed by atoms with van der Waals surface area (Å²) < 4.78 is 6.85. The Morgan fingerprint density at radius 3 is 1.85 bits per heavy atom. The molecule has 4 heteroatoms. The number of furan rings is 1. The molecule has 9 aromatic carbocycles. The molecule has 12 rings (SSSR count). The molecule has 60 heavy (non-hydrogen) atoms. The van der Waals surface area contributed by atoms with E-state index in [-0.39, 0.29) is 5.92 Å². The van der Waals surface area contributed by atoms with Crippen molar-refractivity contribution < 1.29 is 4.42 Å². The second-order valence-corrected chi connectivity index (χ2v) is 15.9. The van der Waals surface area contributed by atoms with Gasteiger partial charge in [0.25, 0.3) is 0 Å². The fourth-order valence-electron chi connectivity index (χ4n) is 9.43. The normalized spacial score (nSPS) is 13.7. The molecule has 0 amide bonds. The van der Waals surface area contributed by atoms with Crippen molar-refractivity contribution in [1.29, 1.82) is 0 Å². The zero-order valence-corrected chi connectivity index (χ0v) is 32.7. The molecular weight excluding hydrogens is 731 g/mol. The number of aromatic nitrogens is 3. The highest BCUT2D eigenvalue weighted by molar-refractivity contribution is 6.08. The summed E-state index contributed by atoms with van der Waals surface area (Å²) in [5.41, 5.74) is 13.3. The molecule has 1 atom stereocenters. The minimum atomic E-state index is 0.0594. The quantitative estimate of drug-likeness (QED) is 0.175. The van der Waals surface area contributed by atoms with Gasteiger partial charge in [-0.2, -0.15) is 0 Å². The fourth-order valence-corrected chi connectivity index (χ4v) is 9.43. The maximum atomic E-state index is 6.85. The summed E-state index contributed by atoms with van der Waals surface area (Å²) in [5, 5.41) is 6.91. The summed E-state index contributed by atoms with van der Waals surface area (Å²) >= 11 is 0. The predicted octanol–water partition coefficient (Wildman–Crippen LogP) is 14.5. The smallest absolute Gasteiger partial charge is 0.164 e. The molecule has 282 valence electrons. The minimum Gasteiger partial charge on any atom is -0.456 e. The molecule has 0 saturated heterocycles. The van der Waals surface area contributed by atoms with Crippen LogP contribution in [0.25, 0.3) is 99.9 Å². The van der Waals surface area contributed by atoms with Gasteiger partial charge in [-0.15, -0.1) is 0 Å². The maximum absolute atomic E-state index is 6.85. The van der Waals surface area contributed by atoms with Crippen LogP contribution in [0.5, 0.6) is 0 Å². The first-order valence-electron chi connectivity index (χ1n) is 20.7. The van der Waals surface area contributed by atoms with Crippen LogP contribution in [0.3, 0.4) is 0 Å². The second kappa shape index (κ2) is 14.0. The Hall–Kier alpha value is -7.69. The topological polar surface area (TPSA) is 51.8 Å². The van der Waals surface area contributed by atoms with E-state index >= 15 is 0 Å². The van der Waals surface area contributed by atoms with E-state index in [9.17, 15) is 0 Å². The summed E-state index contributed by atoms with van der Waals surface area (Å²) in [6, 6.07) is 69.1. The Morgan fingerprint density at radius 1 is 0.383 bits per heavy atom. The largest absolute Gasteiger partial charge is 0.456 e. The SMILES string of the molecule is c1ccc(-c2ccc(-c3nc(-c4cc(C5CCc6cc7ccccc7cc6-c6ccccc65)c5oc6ccccc6c5c4)nc(-c4cccc5ccccc45)n3)cc2)cc1. The number of para-hydroxylation sites is 1. The average Bonchev–Trinajstić information content (AvgIpc) is 3.62. The van der Waals surface area contributed by atoms with Crippen molar-refractivity contribution in [2.75, 3.05) is 0 Å². The zero-order valence-electron chi connectivity index (χ0n) is 32.7. The van der Waals surface area contributed by atoms with Crippen LogP contribution in [0.2, 0.25) is 0 Å². The lowest BCUT2D eigenvalue weighted by molar-refractivity contribution is 0.647. The summed E-state index contributed by atoms with van der Waals surface area (Å²) in [6.07, 6.45) is 1.86. The summed E-state index contributed by atoms with van der Waals surface area (Å²) in [5.74, 6) is 1.95. The van der Waals surface area contributed by atoms with E-state index < -0.39 is 0 Å². The summed E-state index contributed by atoms with van der Waals surface area (Å²) in [6.45, 7) is 0. The van der Waals surface area contributed by atoms with Crippen molar-refractivity contribution in [2.45, 2.75) is 18.8 Å². The van der Waals surface area contributed by atoms with Gasteiger partial charge in [-0.05, 0) is 92.0 Å². The van der Waals surface area contributed by atoms with Crippen molar-refractivity contribution in [2.24, 2.45) is 0 Å². The number of rotatable bonds is 5. The molecule has 1 unspecified atom stereocenters. The molecule has 0 N–H and O–H groups in total. The van der Waals surface area contributed by atoms with E-state index in [4.69, 9.17) is 19.4 Å². The van der Waals surface area contributed by atoms with Crippen LogP contribution in [0.15, 0.2) is 199 Å². The van der Waals surface area contributed by atoms with E-state index in [1.165, 1.54) is 38.6 Å². The lowest BCUT2D eigenvalue weighted by Gasteiger charge is -2.20. The highest BCUT2D eigenvalue weighted by atomic mass is 16.3. The summed E-state index contributed by atoms with van der Waals surface area (Å²) in [4.78, 5) is 15.9. The van der Waals surface area contributed by atoms with Crippen LogP contribution in [-0.2, 0) is 6.42 Å². The molecule has 0 bridgehead atoms. The molecule has 2 heterocycles. The molecule has 1 aliphatic carbocycles. The van der Waals surface area contributed by atoms with Gasteiger partial charge in [-0.25, -0.2) is 15.0 Å². The van der Waals surface area contributed by atoms with Gasteiger partial charge in [0, 0.05) is 38.9 Å². The first-order valence-corrected chi connectivity index (χ1v) is 20.7. The zero-order chi connectivity index (χ0) is 39.6. The third kappa shape index (κ3) is 5.79. The maximum Gasteiger partial charge on any atom is 0.164 e.